The zero-order valence-corrected chi connectivity index (χ0v) is 19.1. The summed E-state index contributed by atoms with van der Waals surface area (Å²) in [5.74, 6) is 0.445. The standard InChI is InChI=1S/C22H22Cl2FN5S/c23-17-6-4-16(5-7-17)14-30-9-8-21(27-30)26-22(31)29-12-10-28(11-13-29)15-18-19(24)2-1-3-20(18)25/h1-9H,10-15H2,(H,26,27,31). The minimum Gasteiger partial charge on any atom is -0.346 e. The number of nitrogens with zero attached hydrogens (tertiary/aromatic N) is 4. The molecule has 1 aliphatic rings. The number of benzene rings is 2. The number of nitrogens with one attached hydrogen (secondary N) is 1. The van der Waals surface area contributed by atoms with Crippen molar-refractivity contribution in [3.05, 3.63) is 81.7 Å². The molecule has 1 aliphatic heterocycles. The van der Waals surface area contributed by atoms with Gasteiger partial charge in [-0.3, -0.25) is 9.58 Å². The fourth-order valence-corrected chi connectivity index (χ4v) is 4.13. The van der Waals surface area contributed by atoms with Crippen molar-refractivity contribution in [2.75, 3.05) is 31.5 Å². The molecule has 162 valence electrons. The fraction of sp³-hybridized carbons (Fsp3) is 0.273. The molecule has 1 aromatic heterocycles. The molecule has 31 heavy (non-hydrogen) atoms. The van der Waals surface area contributed by atoms with E-state index in [0.29, 0.717) is 39.6 Å². The van der Waals surface area contributed by atoms with Crippen LogP contribution in [0.4, 0.5) is 10.2 Å². The van der Waals surface area contributed by atoms with Crippen LogP contribution >= 0.6 is 35.4 Å². The second-order valence-electron chi connectivity index (χ2n) is 7.42. The van der Waals surface area contributed by atoms with Gasteiger partial charge < -0.3 is 10.2 Å². The van der Waals surface area contributed by atoms with Crippen molar-refractivity contribution in [1.82, 2.24) is 19.6 Å². The van der Waals surface area contributed by atoms with Crippen molar-refractivity contribution in [3.8, 4) is 0 Å². The summed E-state index contributed by atoms with van der Waals surface area (Å²) in [7, 11) is 0. The fourth-order valence-electron chi connectivity index (χ4n) is 3.50. The molecule has 1 saturated heterocycles. The Morgan fingerprint density at radius 2 is 1.74 bits per heavy atom. The summed E-state index contributed by atoms with van der Waals surface area (Å²) in [5, 5.41) is 9.58. The molecule has 0 radical (unpaired) electrons. The summed E-state index contributed by atoms with van der Waals surface area (Å²) in [6.45, 7) is 4.21. The number of hydrogen-bond donors (Lipinski definition) is 1. The number of rotatable bonds is 5. The summed E-state index contributed by atoms with van der Waals surface area (Å²) < 4.78 is 15.9. The van der Waals surface area contributed by atoms with E-state index >= 15 is 0 Å². The highest BCUT2D eigenvalue weighted by Gasteiger charge is 2.21. The summed E-state index contributed by atoms with van der Waals surface area (Å²) in [4.78, 5) is 4.29. The molecule has 1 fully saturated rings. The van der Waals surface area contributed by atoms with Crippen molar-refractivity contribution >= 4 is 46.4 Å². The Kier molecular flexibility index (Phi) is 7.07. The summed E-state index contributed by atoms with van der Waals surface area (Å²) in [6.07, 6.45) is 1.91. The lowest BCUT2D eigenvalue weighted by Gasteiger charge is -2.36. The molecule has 9 heteroatoms. The van der Waals surface area contributed by atoms with Crippen LogP contribution in [0, 0.1) is 5.82 Å². The Morgan fingerprint density at radius 3 is 2.45 bits per heavy atom. The summed E-state index contributed by atoms with van der Waals surface area (Å²) in [6, 6.07) is 14.4. The second-order valence-corrected chi connectivity index (χ2v) is 8.65. The minimum absolute atomic E-state index is 0.263. The number of aromatic nitrogens is 2. The van der Waals surface area contributed by atoms with Gasteiger partial charge >= 0.3 is 0 Å². The lowest BCUT2D eigenvalue weighted by atomic mass is 10.2. The van der Waals surface area contributed by atoms with E-state index in [1.165, 1.54) is 6.07 Å². The summed E-state index contributed by atoms with van der Waals surface area (Å²) in [5.41, 5.74) is 1.66. The quantitative estimate of drug-likeness (QED) is 0.529. The van der Waals surface area contributed by atoms with Gasteiger partial charge in [0.2, 0.25) is 0 Å². The third-order valence-electron chi connectivity index (χ3n) is 5.24. The normalized spacial score (nSPS) is 14.6. The van der Waals surface area contributed by atoms with Crippen LogP contribution in [0.5, 0.6) is 0 Å². The molecule has 5 nitrogen and oxygen atoms in total. The Balaban J connectivity index is 1.27. The Morgan fingerprint density at radius 1 is 1.00 bits per heavy atom. The molecule has 2 aromatic carbocycles. The van der Waals surface area contributed by atoms with E-state index in [1.54, 1.807) is 12.1 Å². The van der Waals surface area contributed by atoms with Crippen LogP contribution in [0.2, 0.25) is 10.0 Å². The molecule has 0 amide bonds. The van der Waals surface area contributed by atoms with E-state index in [0.717, 1.165) is 31.7 Å². The Labute approximate surface area is 196 Å². The molecule has 0 aliphatic carbocycles. The van der Waals surface area contributed by atoms with Crippen LogP contribution in [0.25, 0.3) is 0 Å². The van der Waals surface area contributed by atoms with Gasteiger partial charge in [-0.2, -0.15) is 5.10 Å². The highest BCUT2D eigenvalue weighted by molar-refractivity contribution is 7.80. The van der Waals surface area contributed by atoms with Gasteiger partial charge in [0.05, 0.1) is 6.54 Å². The highest BCUT2D eigenvalue weighted by Crippen LogP contribution is 2.21. The largest absolute Gasteiger partial charge is 0.346 e. The Hall–Kier alpha value is -2.19. The van der Waals surface area contributed by atoms with Crippen molar-refractivity contribution in [2.24, 2.45) is 0 Å². The third-order valence-corrected chi connectivity index (χ3v) is 6.20. The van der Waals surface area contributed by atoms with Gasteiger partial charge in [-0.25, -0.2) is 4.39 Å². The van der Waals surface area contributed by atoms with Gasteiger partial charge in [0, 0.05) is 60.6 Å². The van der Waals surface area contributed by atoms with Gasteiger partial charge in [-0.1, -0.05) is 41.4 Å². The average Bonchev–Trinajstić information content (AvgIpc) is 3.19. The lowest BCUT2D eigenvalue weighted by molar-refractivity contribution is 0.175. The van der Waals surface area contributed by atoms with E-state index in [4.69, 9.17) is 35.4 Å². The molecular weight excluding hydrogens is 456 g/mol. The topological polar surface area (TPSA) is 36.3 Å². The van der Waals surface area contributed by atoms with E-state index in [9.17, 15) is 4.39 Å². The maximum absolute atomic E-state index is 14.0. The van der Waals surface area contributed by atoms with Crippen LogP contribution in [-0.4, -0.2) is 50.9 Å². The number of anilines is 1. The van der Waals surface area contributed by atoms with Gasteiger partial charge in [0.15, 0.2) is 10.9 Å². The minimum atomic E-state index is -0.263. The van der Waals surface area contributed by atoms with Gasteiger partial charge in [-0.05, 0) is 42.0 Å². The van der Waals surface area contributed by atoms with Crippen molar-refractivity contribution < 1.29 is 4.39 Å². The van der Waals surface area contributed by atoms with E-state index in [-0.39, 0.29) is 5.82 Å². The van der Waals surface area contributed by atoms with Crippen molar-refractivity contribution in [1.29, 1.82) is 0 Å². The van der Waals surface area contributed by atoms with Crippen LogP contribution in [0.3, 0.4) is 0 Å². The van der Waals surface area contributed by atoms with Crippen LogP contribution in [0.1, 0.15) is 11.1 Å². The predicted molar refractivity (Wildman–Crippen MR) is 127 cm³/mol. The van der Waals surface area contributed by atoms with Crippen molar-refractivity contribution in [2.45, 2.75) is 13.1 Å². The molecule has 1 N–H and O–H groups in total. The van der Waals surface area contributed by atoms with Crippen molar-refractivity contribution in [3.63, 3.8) is 0 Å². The average molecular weight is 478 g/mol. The van der Waals surface area contributed by atoms with Crippen LogP contribution < -0.4 is 5.32 Å². The zero-order valence-electron chi connectivity index (χ0n) is 16.8. The first kappa shape index (κ1) is 22.0. The molecule has 0 spiro atoms. The number of piperazine rings is 1. The first-order valence-electron chi connectivity index (χ1n) is 9.97. The summed E-state index contributed by atoms with van der Waals surface area (Å²) >= 11 is 17.7. The first-order valence-corrected chi connectivity index (χ1v) is 11.1. The van der Waals surface area contributed by atoms with E-state index in [1.807, 2.05) is 41.2 Å². The smallest absolute Gasteiger partial charge is 0.174 e. The van der Waals surface area contributed by atoms with Gasteiger partial charge in [0.25, 0.3) is 0 Å². The number of hydrogen-bond acceptors (Lipinski definition) is 3. The molecule has 0 bridgehead atoms. The first-order chi connectivity index (χ1) is 15.0. The zero-order chi connectivity index (χ0) is 21.8. The molecule has 0 unspecified atom stereocenters. The van der Waals surface area contributed by atoms with Gasteiger partial charge in [0.1, 0.15) is 5.82 Å². The second kappa shape index (κ2) is 9.96. The third kappa shape index (κ3) is 5.74. The Bertz CT molecular complexity index is 1030. The molecule has 0 saturated carbocycles. The predicted octanol–water partition coefficient (Wildman–Crippen LogP) is 4.89. The number of thiocarbonyl (C=S) groups is 1. The molecular formula is C22H22Cl2FN5S. The van der Waals surface area contributed by atoms with Crippen LogP contribution in [0.15, 0.2) is 54.7 Å². The monoisotopic (exact) mass is 477 g/mol. The van der Waals surface area contributed by atoms with E-state index < -0.39 is 0 Å². The lowest BCUT2D eigenvalue weighted by Crippen LogP contribution is -2.49. The van der Waals surface area contributed by atoms with Crippen LogP contribution in [-0.2, 0) is 13.1 Å². The maximum atomic E-state index is 14.0. The molecule has 3 aromatic rings. The SMILES string of the molecule is Fc1cccc(Cl)c1CN1CCN(C(=S)Nc2ccn(Cc3ccc(Cl)cc3)n2)CC1. The van der Waals surface area contributed by atoms with E-state index in [2.05, 4.69) is 20.2 Å². The molecule has 2 heterocycles. The van der Waals surface area contributed by atoms with Gasteiger partial charge in [-0.15, -0.1) is 0 Å². The number of halogens is 3. The maximum Gasteiger partial charge on any atom is 0.174 e. The molecule has 0 atom stereocenters. The molecule has 4 rings (SSSR count). The highest BCUT2D eigenvalue weighted by atomic mass is 35.5.